The highest BCUT2D eigenvalue weighted by Crippen LogP contribution is 2.42. The van der Waals surface area contributed by atoms with E-state index < -0.39 is 16.8 Å². The number of benzene rings is 1. The standard InChI is InChI=1S/C21H25N3O4/c1-28-14-13-22-20(27)18-19(26)17(25)9-12-23(18)24(21(22)10-5-6-11-21)15-16-7-3-2-4-8-16/h2-4,7-9,12,26H,5-6,10-11,13-15H2,1H3. The van der Waals surface area contributed by atoms with Crippen molar-refractivity contribution in [3.63, 3.8) is 0 Å². The smallest absolute Gasteiger partial charge is 0.278 e. The maximum Gasteiger partial charge on any atom is 0.278 e. The molecule has 1 fully saturated rings. The molecule has 1 aliphatic carbocycles. The minimum absolute atomic E-state index is 0.0251. The molecule has 1 aromatic heterocycles. The number of aromatic hydroxyl groups is 1. The van der Waals surface area contributed by atoms with Crippen LogP contribution in [0, 0.1) is 0 Å². The Morgan fingerprint density at radius 1 is 1.11 bits per heavy atom. The Balaban J connectivity index is 1.89. The maximum atomic E-state index is 13.4. The van der Waals surface area contributed by atoms with E-state index in [1.54, 1.807) is 22.9 Å². The normalized spacial score (nSPS) is 18.0. The van der Waals surface area contributed by atoms with E-state index in [-0.39, 0.29) is 11.6 Å². The molecule has 28 heavy (non-hydrogen) atoms. The lowest BCUT2D eigenvalue weighted by Gasteiger charge is -2.54. The van der Waals surface area contributed by atoms with E-state index in [2.05, 4.69) is 5.01 Å². The summed E-state index contributed by atoms with van der Waals surface area (Å²) in [5.41, 5.74) is 0.0734. The van der Waals surface area contributed by atoms with Crippen molar-refractivity contribution in [2.75, 3.05) is 25.3 Å². The zero-order valence-corrected chi connectivity index (χ0v) is 16.0. The highest BCUT2D eigenvalue weighted by atomic mass is 16.5. The molecule has 0 bridgehead atoms. The summed E-state index contributed by atoms with van der Waals surface area (Å²) in [6.07, 6.45) is 5.31. The van der Waals surface area contributed by atoms with Gasteiger partial charge in [-0.1, -0.05) is 30.3 Å². The molecule has 2 heterocycles. The lowest BCUT2D eigenvalue weighted by atomic mass is 10.0. The van der Waals surface area contributed by atoms with Crippen molar-refractivity contribution in [3.8, 4) is 5.75 Å². The number of pyridine rings is 1. The van der Waals surface area contributed by atoms with E-state index in [1.165, 1.54) is 6.07 Å². The first kappa shape index (κ1) is 18.6. The number of hydrogen-bond donors (Lipinski definition) is 1. The van der Waals surface area contributed by atoms with Gasteiger partial charge in [0.05, 0.1) is 13.2 Å². The number of fused-ring (bicyclic) bond motifs is 1. The fourth-order valence-corrected chi connectivity index (χ4v) is 4.52. The molecule has 0 unspecified atom stereocenters. The van der Waals surface area contributed by atoms with E-state index in [1.807, 2.05) is 30.3 Å². The first-order chi connectivity index (χ1) is 13.6. The van der Waals surface area contributed by atoms with Gasteiger partial charge in [0, 0.05) is 25.9 Å². The molecule has 1 aromatic carbocycles. The fourth-order valence-electron chi connectivity index (χ4n) is 4.52. The van der Waals surface area contributed by atoms with Gasteiger partial charge in [-0.25, -0.2) is 0 Å². The van der Waals surface area contributed by atoms with Crippen molar-refractivity contribution in [1.82, 2.24) is 9.58 Å². The minimum Gasteiger partial charge on any atom is -0.502 e. The Bertz CT molecular complexity index is 919. The molecular formula is C21H25N3O4. The van der Waals surface area contributed by atoms with Crippen molar-refractivity contribution in [2.24, 2.45) is 0 Å². The molecular weight excluding hydrogens is 358 g/mol. The van der Waals surface area contributed by atoms with Gasteiger partial charge in [0.1, 0.15) is 5.66 Å². The number of nitrogens with zero attached hydrogens (tertiary/aromatic N) is 3. The van der Waals surface area contributed by atoms with Crippen molar-refractivity contribution in [3.05, 3.63) is 64.1 Å². The van der Waals surface area contributed by atoms with Crippen LogP contribution in [0.4, 0.5) is 0 Å². The molecule has 1 amide bonds. The summed E-state index contributed by atoms with van der Waals surface area (Å²) in [5, 5.41) is 12.6. The Kier molecular flexibility index (Phi) is 4.85. The van der Waals surface area contributed by atoms with Gasteiger partial charge in [-0.15, -0.1) is 0 Å². The summed E-state index contributed by atoms with van der Waals surface area (Å²) in [4.78, 5) is 27.2. The molecule has 1 spiro atoms. The molecule has 7 heteroatoms. The second kappa shape index (κ2) is 7.31. The number of methoxy groups -OCH3 is 1. The summed E-state index contributed by atoms with van der Waals surface area (Å²) >= 11 is 0. The van der Waals surface area contributed by atoms with Crippen LogP contribution < -0.4 is 10.4 Å². The van der Waals surface area contributed by atoms with Crippen LogP contribution in [-0.4, -0.2) is 46.5 Å². The van der Waals surface area contributed by atoms with Crippen LogP contribution in [0.2, 0.25) is 0 Å². The van der Waals surface area contributed by atoms with Gasteiger partial charge >= 0.3 is 0 Å². The van der Waals surface area contributed by atoms with Gasteiger partial charge in [0.25, 0.3) is 5.91 Å². The van der Waals surface area contributed by atoms with Crippen LogP contribution in [0.25, 0.3) is 0 Å². The Labute approximate surface area is 163 Å². The third-order valence-corrected chi connectivity index (χ3v) is 5.84. The Morgan fingerprint density at radius 2 is 1.82 bits per heavy atom. The van der Waals surface area contributed by atoms with Crippen molar-refractivity contribution >= 4 is 5.91 Å². The number of carbonyl (C=O) groups excluding carboxylic acids is 1. The molecule has 0 saturated heterocycles. The zero-order chi connectivity index (χ0) is 19.7. The van der Waals surface area contributed by atoms with E-state index in [4.69, 9.17) is 4.74 Å². The second-order valence-electron chi connectivity index (χ2n) is 7.40. The molecule has 1 N–H and O–H groups in total. The van der Waals surface area contributed by atoms with Crippen LogP contribution in [0.1, 0.15) is 41.7 Å². The Hall–Kier alpha value is -2.80. The van der Waals surface area contributed by atoms with Gasteiger partial charge in [-0.05, 0) is 31.2 Å². The van der Waals surface area contributed by atoms with Gasteiger partial charge in [-0.2, -0.15) is 0 Å². The summed E-state index contributed by atoms with van der Waals surface area (Å²) in [7, 11) is 1.60. The van der Waals surface area contributed by atoms with Crippen LogP contribution in [0.3, 0.4) is 0 Å². The van der Waals surface area contributed by atoms with E-state index in [0.717, 1.165) is 31.2 Å². The number of aromatic nitrogens is 1. The lowest BCUT2D eigenvalue weighted by Crippen LogP contribution is -2.69. The van der Waals surface area contributed by atoms with E-state index in [9.17, 15) is 14.7 Å². The SMILES string of the molecule is COCCN1C(=O)c2c(O)c(=O)ccn2N(Cc2ccccc2)C12CCCC2. The summed E-state index contributed by atoms with van der Waals surface area (Å²) < 4.78 is 6.93. The topological polar surface area (TPSA) is 75.0 Å². The largest absolute Gasteiger partial charge is 0.502 e. The third kappa shape index (κ3) is 2.86. The molecule has 7 nitrogen and oxygen atoms in total. The highest BCUT2D eigenvalue weighted by molar-refractivity contribution is 5.97. The number of ether oxygens (including phenoxy) is 1. The monoisotopic (exact) mass is 383 g/mol. The van der Waals surface area contributed by atoms with Gasteiger partial charge in [0.2, 0.25) is 5.43 Å². The number of amides is 1. The average Bonchev–Trinajstić information content (AvgIpc) is 3.18. The summed E-state index contributed by atoms with van der Waals surface area (Å²) in [6.45, 7) is 1.36. The molecule has 1 saturated carbocycles. The van der Waals surface area contributed by atoms with Crippen LogP contribution in [-0.2, 0) is 11.3 Å². The van der Waals surface area contributed by atoms with Crippen molar-refractivity contribution in [2.45, 2.75) is 37.9 Å². The number of carbonyl (C=O) groups is 1. The highest BCUT2D eigenvalue weighted by Gasteiger charge is 2.52. The quantitative estimate of drug-likeness (QED) is 0.856. The van der Waals surface area contributed by atoms with Crippen molar-refractivity contribution in [1.29, 1.82) is 0 Å². The summed E-state index contributed by atoms with van der Waals surface area (Å²) in [6, 6.07) is 11.3. The lowest BCUT2D eigenvalue weighted by molar-refractivity contribution is 0.0159. The first-order valence-electron chi connectivity index (χ1n) is 9.66. The fraction of sp³-hybridized carbons (Fsp3) is 0.429. The second-order valence-corrected chi connectivity index (χ2v) is 7.40. The van der Waals surface area contributed by atoms with Gasteiger partial charge in [0.15, 0.2) is 11.4 Å². The van der Waals surface area contributed by atoms with Crippen LogP contribution >= 0.6 is 0 Å². The predicted molar refractivity (Wildman–Crippen MR) is 105 cm³/mol. The zero-order valence-electron chi connectivity index (χ0n) is 16.0. The maximum absolute atomic E-state index is 13.4. The molecule has 1 aliphatic heterocycles. The summed E-state index contributed by atoms with van der Waals surface area (Å²) in [5.74, 6) is -0.820. The first-order valence-corrected chi connectivity index (χ1v) is 9.66. The molecule has 148 valence electrons. The van der Waals surface area contributed by atoms with Crippen LogP contribution in [0.5, 0.6) is 5.75 Å². The Morgan fingerprint density at radius 3 is 2.50 bits per heavy atom. The van der Waals surface area contributed by atoms with Gasteiger partial charge in [-0.3, -0.25) is 19.3 Å². The number of rotatable bonds is 5. The molecule has 2 aromatic rings. The molecule has 0 radical (unpaired) electrons. The molecule has 0 atom stereocenters. The predicted octanol–water partition coefficient (Wildman–Crippen LogP) is 2.06. The average molecular weight is 383 g/mol. The van der Waals surface area contributed by atoms with Gasteiger partial charge < -0.3 is 14.7 Å². The molecule has 2 aliphatic rings. The van der Waals surface area contributed by atoms with Crippen molar-refractivity contribution < 1.29 is 14.6 Å². The minimum atomic E-state index is -0.548. The van der Waals surface area contributed by atoms with E-state index in [0.29, 0.717) is 19.7 Å². The van der Waals surface area contributed by atoms with E-state index >= 15 is 0 Å². The molecule has 4 rings (SSSR count). The number of hydrogen-bond acceptors (Lipinski definition) is 5. The third-order valence-electron chi connectivity index (χ3n) is 5.84. The van der Waals surface area contributed by atoms with Crippen LogP contribution in [0.15, 0.2) is 47.4 Å².